The molecule has 2 rings (SSSR count). The van der Waals surface area contributed by atoms with Crippen molar-refractivity contribution in [2.24, 2.45) is 5.92 Å². The molecule has 0 amide bonds. The van der Waals surface area contributed by atoms with E-state index in [9.17, 15) is 8.42 Å². The van der Waals surface area contributed by atoms with Crippen LogP contribution in [-0.4, -0.2) is 32.2 Å². The molecule has 1 saturated heterocycles. The number of halogens is 1. The van der Waals surface area contributed by atoms with Crippen molar-refractivity contribution in [3.05, 3.63) is 22.3 Å². The zero-order valence-electron chi connectivity index (χ0n) is 10.8. The lowest BCUT2D eigenvalue weighted by Gasteiger charge is -2.22. The summed E-state index contributed by atoms with van der Waals surface area (Å²) in [5.74, 6) is 0.742. The molecule has 0 spiro atoms. The molecule has 2 N–H and O–H groups in total. The second kappa shape index (κ2) is 6.19. The van der Waals surface area contributed by atoms with E-state index in [-0.39, 0.29) is 11.7 Å². The third kappa shape index (κ3) is 4.43. The van der Waals surface area contributed by atoms with Gasteiger partial charge in [0.15, 0.2) is 0 Å². The summed E-state index contributed by atoms with van der Waals surface area (Å²) in [6.07, 6.45) is 3.59. The number of rotatable bonds is 4. The van der Waals surface area contributed by atoms with E-state index >= 15 is 0 Å². The molecule has 0 radical (unpaired) electrons. The van der Waals surface area contributed by atoms with Gasteiger partial charge in [0.1, 0.15) is 5.82 Å². The monoisotopic (exact) mass is 347 g/mol. The molecule has 1 aromatic rings. The van der Waals surface area contributed by atoms with Crippen molar-refractivity contribution in [1.29, 1.82) is 0 Å². The lowest BCUT2D eigenvalue weighted by Crippen LogP contribution is -2.35. The van der Waals surface area contributed by atoms with E-state index in [1.54, 1.807) is 6.20 Å². The molecule has 2 heterocycles. The second-order valence-electron chi connectivity index (χ2n) is 4.91. The van der Waals surface area contributed by atoms with Crippen LogP contribution in [0.3, 0.4) is 0 Å². The minimum atomic E-state index is -3.34. The number of sulfonamides is 1. The first-order chi connectivity index (χ1) is 8.96. The molecular weight excluding hydrogens is 330 g/mol. The van der Waals surface area contributed by atoms with Crippen molar-refractivity contribution in [3.63, 3.8) is 0 Å². The summed E-state index contributed by atoms with van der Waals surface area (Å²) in [5, 5.41) is 3.23. The smallest absolute Gasteiger partial charge is 0.234 e. The number of nitrogens with zero attached hydrogens (tertiary/aromatic N) is 1. The van der Waals surface area contributed by atoms with Crippen molar-refractivity contribution in [2.75, 3.05) is 23.6 Å². The fourth-order valence-electron chi connectivity index (χ4n) is 2.21. The summed E-state index contributed by atoms with van der Waals surface area (Å²) >= 11 is 3.31. The molecule has 5 nitrogen and oxygen atoms in total. The summed E-state index contributed by atoms with van der Waals surface area (Å²) < 4.78 is 27.6. The van der Waals surface area contributed by atoms with Gasteiger partial charge < -0.3 is 5.32 Å². The van der Waals surface area contributed by atoms with Crippen LogP contribution in [0.15, 0.2) is 16.7 Å². The van der Waals surface area contributed by atoms with Crippen LogP contribution in [-0.2, 0) is 10.0 Å². The molecular formula is C12H18BrN3O2S. The van der Waals surface area contributed by atoms with Crippen molar-refractivity contribution in [3.8, 4) is 0 Å². The Balaban J connectivity index is 2.03. The van der Waals surface area contributed by atoms with Crippen LogP contribution in [0, 0.1) is 12.8 Å². The Hall–Kier alpha value is -0.660. The Kier molecular flexibility index (Phi) is 4.81. The summed E-state index contributed by atoms with van der Waals surface area (Å²) in [6.45, 7) is 3.59. The van der Waals surface area contributed by atoms with Crippen molar-refractivity contribution < 1.29 is 8.42 Å². The van der Waals surface area contributed by atoms with Gasteiger partial charge in [0.05, 0.1) is 5.75 Å². The van der Waals surface area contributed by atoms with E-state index in [1.807, 2.05) is 13.0 Å². The molecule has 1 aliphatic heterocycles. The fourth-order valence-corrected chi connectivity index (χ4v) is 4.16. The van der Waals surface area contributed by atoms with Crippen LogP contribution in [0.25, 0.3) is 0 Å². The van der Waals surface area contributed by atoms with E-state index in [0.29, 0.717) is 5.82 Å². The van der Waals surface area contributed by atoms with Crippen molar-refractivity contribution in [2.45, 2.75) is 19.8 Å². The molecule has 1 aliphatic rings. The third-order valence-corrected chi connectivity index (χ3v) is 5.00. The van der Waals surface area contributed by atoms with Crippen LogP contribution >= 0.6 is 15.9 Å². The van der Waals surface area contributed by atoms with Gasteiger partial charge in [0.2, 0.25) is 10.0 Å². The maximum atomic E-state index is 12.1. The van der Waals surface area contributed by atoms with Gasteiger partial charge in [-0.05, 0) is 66.3 Å². The highest BCUT2D eigenvalue weighted by Gasteiger charge is 2.21. The topological polar surface area (TPSA) is 71.1 Å². The number of hydrogen-bond acceptors (Lipinski definition) is 4. The first-order valence-corrected chi connectivity index (χ1v) is 8.74. The molecule has 19 heavy (non-hydrogen) atoms. The zero-order valence-corrected chi connectivity index (χ0v) is 13.2. The average Bonchev–Trinajstić information content (AvgIpc) is 2.33. The first kappa shape index (κ1) is 14.7. The molecule has 0 aliphatic carbocycles. The average molecular weight is 348 g/mol. The third-order valence-electron chi connectivity index (χ3n) is 3.15. The minimum absolute atomic E-state index is 0.150. The van der Waals surface area contributed by atoms with Crippen LogP contribution in [0.2, 0.25) is 0 Å². The Morgan fingerprint density at radius 2 is 2.37 bits per heavy atom. The maximum absolute atomic E-state index is 12.1. The number of nitrogens with one attached hydrogen (secondary N) is 2. The SMILES string of the molecule is Cc1cc(Br)cnc1NS(=O)(=O)CC1CCCNC1. The molecule has 106 valence electrons. The van der Waals surface area contributed by atoms with E-state index in [2.05, 4.69) is 31.0 Å². The number of pyridine rings is 1. The highest BCUT2D eigenvalue weighted by Crippen LogP contribution is 2.19. The number of aryl methyl sites for hydroxylation is 1. The van der Waals surface area contributed by atoms with Crippen molar-refractivity contribution in [1.82, 2.24) is 10.3 Å². The van der Waals surface area contributed by atoms with Gasteiger partial charge in [0.25, 0.3) is 0 Å². The normalized spacial score (nSPS) is 20.2. The number of aromatic nitrogens is 1. The Morgan fingerprint density at radius 3 is 3.00 bits per heavy atom. The first-order valence-electron chi connectivity index (χ1n) is 6.29. The predicted molar refractivity (Wildman–Crippen MR) is 79.7 cm³/mol. The Morgan fingerprint density at radius 1 is 1.58 bits per heavy atom. The minimum Gasteiger partial charge on any atom is -0.316 e. The highest BCUT2D eigenvalue weighted by atomic mass is 79.9. The molecule has 1 unspecified atom stereocenters. The summed E-state index contributed by atoms with van der Waals surface area (Å²) in [5.41, 5.74) is 0.805. The number of anilines is 1. The molecule has 1 aromatic heterocycles. The van der Waals surface area contributed by atoms with Gasteiger partial charge in [0, 0.05) is 10.7 Å². The molecule has 0 aromatic carbocycles. The van der Waals surface area contributed by atoms with E-state index in [1.165, 1.54) is 0 Å². The summed E-state index contributed by atoms with van der Waals surface area (Å²) in [6, 6.07) is 1.84. The molecule has 0 bridgehead atoms. The van der Waals surface area contributed by atoms with Crippen LogP contribution in [0.5, 0.6) is 0 Å². The zero-order chi connectivity index (χ0) is 13.9. The lowest BCUT2D eigenvalue weighted by atomic mass is 10.0. The van der Waals surface area contributed by atoms with Gasteiger partial charge in [-0.3, -0.25) is 4.72 Å². The van der Waals surface area contributed by atoms with E-state index < -0.39 is 10.0 Å². The van der Waals surface area contributed by atoms with E-state index in [4.69, 9.17) is 0 Å². The van der Waals surface area contributed by atoms with Gasteiger partial charge in [-0.15, -0.1) is 0 Å². The molecule has 0 saturated carbocycles. The van der Waals surface area contributed by atoms with Gasteiger partial charge in [-0.1, -0.05) is 0 Å². The molecule has 1 fully saturated rings. The molecule has 7 heteroatoms. The van der Waals surface area contributed by atoms with Gasteiger partial charge >= 0.3 is 0 Å². The predicted octanol–water partition coefficient (Wildman–Crippen LogP) is 1.89. The van der Waals surface area contributed by atoms with Crippen LogP contribution in [0.1, 0.15) is 18.4 Å². The van der Waals surface area contributed by atoms with Gasteiger partial charge in [-0.25, -0.2) is 13.4 Å². The summed E-state index contributed by atoms with van der Waals surface area (Å²) in [7, 11) is -3.34. The van der Waals surface area contributed by atoms with Gasteiger partial charge in [-0.2, -0.15) is 0 Å². The number of hydrogen-bond donors (Lipinski definition) is 2. The lowest BCUT2D eigenvalue weighted by molar-refractivity contribution is 0.404. The van der Waals surface area contributed by atoms with Crippen LogP contribution in [0.4, 0.5) is 5.82 Å². The number of piperidine rings is 1. The van der Waals surface area contributed by atoms with Crippen molar-refractivity contribution >= 4 is 31.8 Å². The Labute approximate surface area is 122 Å². The van der Waals surface area contributed by atoms with Crippen LogP contribution < -0.4 is 10.0 Å². The molecule has 1 atom stereocenters. The van der Waals surface area contributed by atoms with E-state index in [0.717, 1.165) is 36.0 Å². The summed E-state index contributed by atoms with van der Waals surface area (Å²) in [4.78, 5) is 4.10. The second-order valence-corrected chi connectivity index (χ2v) is 7.60. The standard InChI is InChI=1S/C12H18BrN3O2S/c1-9-5-11(13)7-15-12(9)16-19(17,18)8-10-3-2-4-14-6-10/h5,7,10,14H,2-4,6,8H2,1H3,(H,15,16). The fraction of sp³-hybridized carbons (Fsp3) is 0.583. The largest absolute Gasteiger partial charge is 0.316 e. The highest BCUT2D eigenvalue weighted by molar-refractivity contribution is 9.10. The Bertz CT molecular complexity index is 542. The maximum Gasteiger partial charge on any atom is 0.234 e. The quantitative estimate of drug-likeness (QED) is 0.872.